The number of carbonyl (C=O) groups is 1. The highest BCUT2D eigenvalue weighted by atomic mass is 79.9. The van der Waals surface area contributed by atoms with Crippen molar-refractivity contribution in [2.24, 2.45) is 0 Å². The fourth-order valence-electron chi connectivity index (χ4n) is 2.82. The van der Waals surface area contributed by atoms with E-state index in [9.17, 15) is 9.90 Å². The number of aryl methyl sites for hydroxylation is 1. The van der Waals surface area contributed by atoms with Crippen LogP contribution in [-0.4, -0.2) is 35.1 Å². The normalized spacial score (nSPS) is 18.9. The monoisotopic (exact) mass is 337 g/mol. The van der Waals surface area contributed by atoms with E-state index in [1.165, 1.54) is 0 Å². The second-order valence-corrected chi connectivity index (χ2v) is 6.14. The third-order valence-electron chi connectivity index (χ3n) is 3.83. The van der Waals surface area contributed by atoms with Gasteiger partial charge in [-0.1, -0.05) is 15.9 Å². The molecule has 0 spiro atoms. The van der Waals surface area contributed by atoms with Crippen molar-refractivity contribution in [3.63, 3.8) is 0 Å². The van der Waals surface area contributed by atoms with Gasteiger partial charge in [0.15, 0.2) is 5.76 Å². The standard InChI is InChI=1S/C15H16BrNO3/c1-9-5-11(16)6-10-7-13(20-14(9)10)15(19)17-4-2-3-12(17)8-18/h5-7,12,18H,2-4,8H2,1H3/t12-/m1/s1. The molecule has 1 atom stereocenters. The van der Waals surface area contributed by atoms with Crippen LogP contribution >= 0.6 is 15.9 Å². The maximum absolute atomic E-state index is 12.5. The number of aliphatic hydroxyl groups excluding tert-OH is 1. The summed E-state index contributed by atoms with van der Waals surface area (Å²) < 4.78 is 6.70. The van der Waals surface area contributed by atoms with Crippen LogP contribution in [0.4, 0.5) is 0 Å². The van der Waals surface area contributed by atoms with E-state index < -0.39 is 0 Å². The topological polar surface area (TPSA) is 53.7 Å². The highest BCUT2D eigenvalue weighted by Crippen LogP contribution is 2.29. The van der Waals surface area contributed by atoms with Crippen LogP contribution in [0.15, 0.2) is 27.1 Å². The summed E-state index contributed by atoms with van der Waals surface area (Å²) >= 11 is 3.45. The number of carbonyl (C=O) groups excluding carboxylic acids is 1. The maximum atomic E-state index is 12.5. The lowest BCUT2D eigenvalue weighted by Gasteiger charge is -2.21. The molecular weight excluding hydrogens is 322 g/mol. The van der Waals surface area contributed by atoms with Crippen molar-refractivity contribution in [2.75, 3.05) is 13.2 Å². The summed E-state index contributed by atoms with van der Waals surface area (Å²) in [7, 11) is 0. The molecule has 1 aliphatic rings. The summed E-state index contributed by atoms with van der Waals surface area (Å²) in [5.41, 5.74) is 1.74. The molecule has 1 aromatic carbocycles. The van der Waals surface area contributed by atoms with Crippen molar-refractivity contribution in [3.05, 3.63) is 34.0 Å². The lowest BCUT2D eigenvalue weighted by molar-refractivity contribution is 0.0648. The molecule has 2 aromatic rings. The summed E-state index contributed by atoms with van der Waals surface area (Å²) in [6.07, 6.45) is 1.79. The number of halogens is 1. The van der Waals surface area contributed by atoms with Crippen LogP contribution in [0.3, 0.4) is 0 Å². The van der Waals surface area contributed by atoms with Gasteiger partial charge in [-0.05, 0) is 43.5 Å². The van der Waals surface area contributed by atoms with E-state index in [1.54, 1.807) is 11.0 Å². The molecule has 106 valence electrons. The van der Waals surface area contributed by atoms with Crippen LogP contribution in [-0.2, 0) is 0 Å². The highest BCUT2D eigenvalue weighted by Gasteiger charge is 2.30. The number of rotatable bonds is 2. The second-order valence-electron chi connectivity index (χ2n) is 5.23. The predicted molar refractivity (Wildman–Crippen MR) is 79.8 cm³/mol. The molecule has 4 nitrogen and oxygen atoms in total. The van der Waals surface area contributed by atoms with Crippen molar-refractivity contribution in [2.45, 2.75) is 25.8 Å². The molecule has 0 unspecified atom stereocenters. The average molecular weight is 338 g/mol. The predicted octanol–water partition coefficient (Wildman–Crippen LogP) is 3.10. The van der Waals surface area contributed by atoms with Gasteiger partial charge in [0.1, 0.15) is 5.58 Å². The first-order valence-electron chi connectivity index (χ1n) is 6.71. The Labute approximate surface area is 125 Å². The van der Waals surface area contributed by atoms with Crippen LogP contribution in [0.25, 0.3) is 11.0 Å². The number of furan rings is 1. The number of hydrogen-bond acceptors (Lipinski definition) is 3. The molecule has 20 heavy (non-hydrogen) atoms. The number of hydrogen-bond donors (Lipinski definition) is 1. The molecule has 1 aliphatic heterocycles. The van der Waals surface area contributed by atoms with E-state index in [1.807, 2.05) is 19.1 Å². The van der Waals surface area contributed by atoms with Crippen LogP contribution in [0, 0.1) is 6.92 Å². The van der Waals surface area contributed by atoms with Crippen molar-refractivity contribution >= 4 is 32.8 Å². The molecule has 1 amide bonds. The third-order valence-corrected chi connectivity index (χ3v) is 4.28. The van der Waals surface area contributed by atoms with Gasteiger partial charge in [0.05, 0.1) is 12.6 Å². The molecule has 1 aromatic heterocycles. The number of amides is 1. The quantitative estimate of drug-likeness (QED) is 0.916. The van der Waals surface area contributed by atoms with E-state index in [4.69, 9.17) is 4.42 Å². The van der Waals surface area contributed by atoms with Gasteiger partial charge in [-0.15, -0.1) is 0 Å². The van der Waals surface area contributed by atoms with Gasteiger partial charge in [-0.2, -0.15) is 0 Å². The van der Waals surface area contributed by atoms with Gasteiger partial charge < -0.3 is 14.4 Å². The molecule has 0 aliphatic carbocycles. The zero-order chi connectivity index (χ0) is 14.3. The average Bonchev–Trinajstić information content (AvgIpc) is 3.03. The minimum absolute atomic E-state index is 0.0105. The Morgan fingerprint density at radius 3 is 3.05 bits per heavy atom. The number of aliphatic hydroxyl groups is 1. The fraction of sp³-hybridized carbons (Fsp3) is 0.400. The summed E-state index contributed by atoms with van der Waals surface area (Å²) in [4.78, 5) is 14.2. The molecule has 3 rings (SSSR count). The van der Waals surface area contributed by atoms with Crippen molar-refractivity contribution < 1.29 is 14.3 Å². The lowest BCUT2D eigenvalue weighted by atomic mass is 10.2. The van der Waals surface area contributed by atoms with E-state index >= 15 is 0 Å². The Kier molecular flexibility index (Phi) is 3.56. The third kappa shape index (κ3) is 2.25. The largest absolute Gasteiger partial charge is 0.451 e. The minimum atomic E-state index is -0.131. The Bertz CT molecular complexity index is 664. The van der Waals surface area contributed by atoms with Crippen LogP contribution in [0.5, 0.6) is 0 Å². The Morgan fingerprint density at radius 1 is 1.50 bits per heavy atom. The molecule has 0 radical (unpaired) electrons. The first kappa shape index (κ1) is 13.6. The van der Waals surface area contributed by atoms with E-state index in [-0.39, 0.29) is 18.6 Å². The molecule has 1 fully saturated rings. The first-order chi connectivity index (χ1) is 9.60. The molecule has 0 bridgehead atoms. The van der Waals surface area contributed by atoms with Crippen LogP contribution < -0.4 is 0 Å². The van der Waals surface area contributed by atoms with Crippen molar-refractivity contribution in [1.82, 2.24) is 4.90 Å². The molecule has 1 saturated heterocycles. The summed E-state index contributed by atoms with van der Waals surface area (Å²) in [5.74, 6) is 0.217. The van der Waals surface area contributed by atoms with Crippen molar-refractivity contribution in [1.29, 1.82) is 0 Å². The molecule has 0 saturated carbocycles. The Morgan fingerprint density at radius 2 is 2.30 bits per heavy atom. The van der Waals surface area contributed by atoms with Crippen LogP contribution in [0.2, 0.25) is 0 Å². The zero-order valence-electron chi connectivity index (χ0n) is 11.2. The van der Waals surface area contributed by atoms with Gasteiger partial charge >= 0.3 is 0 Å². The molecule has 2 heterocycles. The van der Waals surface area contributed by atoms with Gasteiger partial charge in [0, 0.05) is 16.4 Å². The van der Waals surface area contributed by atoms with Crippen molar-refractivity contribution in [3.8, 4) is 0 Å². The molecule has 5 heteroatoms. The van der Waals surface area contributed by atoms with Gasteiger partial charge in [-0.25, -0.2) is 0 Å². The van der Waals surface area contributed by atoms with E-state index in [2.05, 4.69) is 15.9 Å². The minimum Gasteiger partial charge on any atom is -0.451 e. The zero-order valence-corrected chi connectivity index (χ0v) is 12.8. The number of likely N-dealkylation sites (tertiary alicyclic amines) is 1. The van der Waals surface area contributed by atoms with E-state index in [0.29, 0.717) is 12.3 Å². The SMILES string of the molecule is Cc1cc(Br)cc2cc(C(=O)N3CCC[C@@H]3CO)oc12. The second kappa shape index (κ2) is 5.22. The van der Waals surface area contributed by atoms with Gasteiger partial charge in [-0.3, -0.25) is 4.79 Å². The highest BCUT2D eigenvalue weighted by molar-refractivity contribution is 9.10. The number of fused-ring (bicyclic) bond motifs is 1. The lowest BCUT2D eigenvalue weighted by Crippen LogP contribution is -2.37. The summed E-state index contributed by atoms with van der Waals surface area (Å²) in [5, 5.41) is 10.2. The van der Waals surface area contributed by atoms with Crippen LogP contribution in [0.1, 0.15) is 29.0 Å². The molecular formula is C15H16BrNO3. The van der Waals surface area contributed by atoms with Gasteiger partial charge in [0.2, 0.25) is 0 Å². The van der Waals surface area contributed by atoms with E-state index in [0.717, 1.165) is 33.8 Å². The smallest absolute Gasteiger partial charge is 0.289 e. The summed E-state index contributed by atoms with van der Waals surface area (Å²) in [6, 6.07) is 5.61. The Hall–Kier alpha value is -1.33. The number of nitrogens with zero attached hydrogens (tertiary/aromatic N) is 1. The maximum Gasteiger partial charge on any atom is 0.289 e. The number of benzene rings is 1. The fourth-order valence-corrected chi connectivity index (χ4v) is 3.41. The molecule has 1 N–H and O–H groups in total. The first-order valence-corrected chi connectivity index (χ1v) is 7.51. The Balaban J connectivity index is 1.98. The summed E-state index contributed by atoms with van der Waals surface area (Å²) in [6.45, 7) is 2.65. The van der Waals surface area contributed by atoms with Gasteiger partial charge in [0.25, 0.3) is 5.91 Å².